The van der Waals surface area contributed by atoms with E-state index in [2.05, 4.69) is 49.8 Å². The van der Waals surface area contributed by atoms with Crippen molar-refractivity contribution in [2.24, 2.45) is 12.0 Å². The Morgan fingerprint density at radius 1 is 1.15 bits per heavy atom. The number of likely N-dealkylation sites (tertiary alicyclic amines) is 1. The molecule has 3 aromatic heterocycles. The maximum atomic E-state index is 13.2. The molecule has 1 amide bonds. The number of anilines is 3. The van der Waals surface area contributed by atoms with E-state index in [1.807, 2.05) is 66.0 Å². The van der Waals surface area contributed by atoms with Gasteiger partial charge in [0.1, 0.15) is 35.4 Å². The lowest BCUT2D eigenvalue weighted by atomic mass is 10.1. The average molecular weight is 634 g/mol. The molecule has 0 saturated carbocycles. The van der Waals surface area contributed by atoms with E-state index >= 15 is 0 Å². The number of fused-ring (bicyclic) bond motifs is 5. The first-order chi connectivity index (χ1) is 22.9. The first-order valence-electron chi connectivity index (χ1n) is 16.0. The highest BCUT2D eigenvalue weighted by Crippen LogP contribution is 2.36. The van der Waals surface area contributed by atoms with Crippen LogP contribution in [-0.2, 0) is 11.8 Å². The van der Waals surface area contributed by atoms with E-state index in [4.69, 9.17) is 14.5 Å². The second-order valence-electron chi connectivity index (χ2n) is 12.2. The van der Waals surface area contributed by atoms with Crippen LogP contribution in [0.25, 0.3) is 11.0 Å². The molecule has 12 nitrogen and oxygen atoms in total. The van der Waals surface area contributed by atoms with Gasteiger partial charge >= 0.3 is 0 Å². The molecule has 0 spiro atoms. The summed E-state index contributed by atoms with van der Waals surface area (Å²) >= 11 is 0. The van der Waals surface area contributed by atoms with Crippen LogP contribution < -0.4 is 25.2 Å². The number of hydrogen-bond donors (Lipinski definition) is 1. The summed E-state index contributed by atoms with van der Waals surface area (Å²) in [6.07, 6.45) is 11.0. The normalized spacial score (nSPS) is 19.9. The number of pyridine rings is 2. The minimum atomic E-state index is -0.0754. The van der Waals surface area contributed by atoms with E-state index < -0.39 is 0 Å². The van der Waals surface area contributed by atoms with Crippen LogP contribution in [0.2, 0.25) is 0 Å². The molecule has 2 atom stereocenters. The fourth-order valence-electron chi connectivity index (χ4n) is 6.45. The summed E-state index contributed by atoms with van der Waals surface area (Å²) in [4.78, 5) is 38.0. The SMILES string of the molecule is C=C/N=c1/cc(Oc2ccc(Nc3ncnc4cc5c(nc34)N3CCN(C(=O)/C=C/C4CCCN4C)C(CO5)C3)cc2C)ccn1C. The van der Waals surface area contributed by atoms with E-state index in [-0.39, 0.29) is 11.9 Å². The van der Waals surface area contributed by atoms with Gasteiger partial charge in [0.2, 0.25) is 5.91 Å². The third-order valence-corrected chi connectivity index (χ3v) is 9.08. The maximum Gasteiger partial charge on any atom is 0.246 e. The maximum absolute atomic E-state index is 13.2. The molecule has 4 aromatic rings. The molecule has 0 aliphatic carbocycles. The molecule has 1 aromatic carbocycles. The van der Waals surface area contributed by atoms with Gasteiger partial charge in [-0.15, -0.1) is 0 Å². The Bertz CT molecular complexity index is 1940. The number of rotatable bonds is 7. The Morgan fingerprint density at radius 3 is 2.85 bits per heavy atom. The molecule has 2 unspecified atom stereocenters. The minimum absolute atomic E-state index is 0.0394. The van der Waals surface area contributed by atoms with Gasteiger partial charge in [-0.05, 0) is 63.2 Å². The van der Waals surface area contributed by atoms with E-state index in [1.54, 1.807) is 6.08 Å². The number of benzene rings is 1. The van der Waals surface area contributed by atoms with E-state index in [1.165, 1.54) is 18.9 Å². The third-order valence-electron chi connectivity index (χ3n) is 9.08. The Balaban J connectivity index is 1.09. The highest BCUT2D eigenvalue weighted by molar-refractivity contribution is 5.90. The molecule has 12 heteroatoms. The average Bonchev–Trinajstić information content (AvgIpc) is 3.43. The topological polar surface area (TPSA) is 113 Å². The van der Waals surface area contributed by atoms with Crippen molar-refractivity contribution < 1.29 is 14.3 Å². The molecule has 2 bridgehead atoms. The minimum Gasteiger partial charge on any atom is -0.487 e. The van der Waals surface area contributed by atoms with Crippen molar-refractivity contribution in [3.63, 3.8) is 0 Å². The smallest absolute Gasteiger partial charge is 0.246 e. The first kappa shape index (κ1) is 30.4. The van der Waals surface area contributed by atoms with Crippen LogP contribution in [0.4, 0.5) is 17.3 Å². The summed E-state index contributed by atoms with van der Waals surface area (Å²) in [5.74, 6) is 3.45. The predicted octanol–water partition coefficient (Wildman–Crippen LogP) is 4.31. The number of carbonyl (C=O) groups is 1. The highest BCUT2D eigenvalue weighted by atomic mass is 16.5. The fourth-order valence-corrected chi connectivity index (χ4v) is 6.45. The van der Waals surface area contributed by atoms with Gasteiger partial charge in [0.05, 0.1) is 11.6 Å². The van der Waals surface area contributed by atoms with Gasteiger partial charge < -0.3 is 29.2 Å². The molecule has 2 saturated heterocycles. The van der Waals surface area contributed by atoms with Crippen LogP contribution in [0.15, 0.2) is 78.8 Å². The van der Waals surface area contributed by atoms with Crippen molar-refractivity contribution >= 4 is 34.3 Å². The van der Waals surface area contributed by atoms with Crippen LogP contribution in [0.1, 0.15) is 18.4 Å². The molecule has 47 heavy (non-hydrogen) atoms. The first-order valence-corrected chi connectivity index (χ1v) is 16.0. The van der Waals surface area contributed by atoms with Gasteiger partial charge in [0.25, 0.3) is 0 Å². The molecule has 242 valence electrons. The van der Waals surface area contributed by atoms with Gasteiger partial charge in [-0.25, -0.2) is 19.9 Å². The van der Waals surface area contributed by atoms with Crippen LogP contribution >= 0.6 is 0 Å². The van der Waals surface area contributed by atoms with Crippen LogP contribution in [0.3, 0.4) is 0 Å². The fraction of sp³-hybridized carbons (Fsp3) is 0.343. The number of aryl methyl sites for hydroxylation is 2. The Morgan fingerprint density at radius 2 is 2.04 bits per heavy atom. The van der Waals surface area contributed by atoms with Crippen molar-refractivity contribution in [3.8, 4) is 17.2 Å². The quantitative estimate of drug-likeness (QED) is 0.298. The lowest BCUT2D eigenvalue weighted by Crippen LogP contribution is -2.56. The Hall–Kier alpha value is -5.23. The zero-order chi connectivity index (χ0) is 32.5. The van der Waals surface area contributed by atoms with Crippen molar-refractivity contribution in [1.29, 1.82) is 0 Å². The van der Waals surface area contributed by atoms with Gasteiger partial charge in [0, 0.05) is 69.0 Å². The summed E-state index contributed by atoms with van der Waals surface area (Å²) in [5, 5.41) is 3.43. The molecule has 3 aliphatic heterocycles. The van der Waals surface area contributed by atoms with Crippen LogP contribution in [-0.4, -0.2) is 87.1 Å². The molecule has 1 N–H and O–H groups in total. The largest absolute Gasteiger partial charge is 0.487 e. The second kappa shape index (κ2) is 12.9. The molecule has 2 fully saturated rings. The van der Waals surface area contributed by atoms with Crippen molar-refractivity contribution in [2.45, 2.75) is 31.8 Å². The zero-order valence-electron chi connectivity index (χ0n) is 27.0. The number of carbonyl (C=O) groups excluding carboxylic acids is 1. The van der Waals surface area contributed by atoms with Gasteiger partial charge in [-0.3, -0.25) is 9.69 Å². The highest BCUT2D eigenvalue weighted by Gasteiger charge is 2.35. The van der Waals surface area contributed by atoms with E-state index in [0.717, 1.165) is 41.3 Å². The predicted molar refractivity (Wildman–Crippen MR) is 181 cm³/mol. The zero-order valence-corrected chi connectivity index (χ0v) is 27.0. The molecular weight excluding hydrogens is 594 g/mol. The number of likely N-dealkylation sites (N-methyl/N-ethyl adjacent to an activating group) is 1. The van der Waals surface area contributed by atoms with E-state index in [0.29, 0.717) is 60.6 Å². The van der Waals surface area contributed by atoms with Crippen LogP contribution in [0, 0.1) is 6.92 Å². The Kier molecular flexibility index (Phi) is 8.33. The number of nitrogens with zero attached hydrogens (tertiary/aromatic N) is 8. The standard InChI is InChI=1S/C35H39N9O3/c1-5-36-31-18-27(12-14-42(31)4)47-29-10-8-24(17-23(29)2)39-34-33-28(37-22-38-34)19-30-35(40-33)43-15-16-44(26(20-43)21-46-30)32(45)11-9-25-7-6-13-41(25)3/h5,8-12,14,17-19,22,25-26H,1,6-7,13,15-16,20-21H2,2-4H3,(H,37,38,39)/b11-9+,36-31-. The number of ether oxygens (including phenoxy) is 2. The summed E-state index contributed by atoms with van der Waals surface area (Å²) in [6.45, 7) is 9.07. The van der Waals surface area contributed by atoms with Gasteiger partial charge in [0.15, 0.2) is 17.4 Å². The Labute approximate surface area is 273 Å². The van der Waals surface area contributed by atoms with Gasteiger partial charge in [-0.1, -0.05) is 12.7 Å². The monoisotopic (exact) mass is 633 g/mol. The van der Waals surface area contributed by atoms with Crippen molar-refractivity contribution in [2.75, 3.05) is 50.1 Å². The molecular formula is C35H39N9O3. The lowest BCUT2D eigenvalue weighted by molar-refractivity contribution is -0.129. The van der Waals surface area contributed by atoms with E-state index in [9.17, 15) is 4.79 Å². The summed E-state index contributed by atoms with van der Waals surface area (Å²) in [5.41, 5.74) is 3.84. The summed E-state index contributed by atoms with van der Waals surface area (Å²) < 4.78 is 14.3. The molecule has 6 heterocycles. The number of aromatic nitrogens is 4. The molecule has 0 radical (unpaired) electrons. The number of nitrogens with one attached hydrogen (secondary N) is 1. The van der Waals surface area contributed by atoms with Crippen molar-refractivity contribution in [1.82, 2.24) is 29.3 Å². The molecule has 3 aliphatic rings. The third kappa shape index (κ3) is 6.28. The van der Waals surface area contributed by atoms with Gasteiger partial charge in [-0.2, -0.15) is 0 Å². The number of piperazine rings is 1. The molecule has 7 rings (SSSR count). The van der Waals surface area contributed by atoms with Crippen molar-refractivity contribution in [3.05, 3.63) is 84.9 Å². The lowest BCUT2D eigenvalue weighted by Gasteiger charge is -2.39. The number of amides is 1. The number of hydrogen-bond acceptors (Lipinski definition) is 10. The summed E-state index contributed by atoms with van der Waals surface area (Å²) in [6, 6.07) is 11.8. The second-order valence-corrected chi connectivity index (χ2v) is 12.2. The van der Waals surface area contributed by atoms with Crippen LogP contribution in [0.5, 0.6) is 17.2 Å². The summed E-state index contributed by atoms with van der Waals surface area (Å²) in [7, 11) is 4.03.